The zero-order valence-electron chi connectivity index (χ0n) is 19.2. The highest BCUT2D eigenvalue weighted by Crippen LogP contribution is 2.34. The van der Waals surface area contributed by atoms with E-state index in [1.165, 1.54) is 17.0 Å². The van der Waals surface area contributed by atoms with Gasteiger partial charge in [-0.1, -0.05) is 13.0 Å². The average Bonchev–Trinajstić information content (AvgIpc) is 3.22. The van der Waals surface area contributed by atoms with E-state index in [9.17, 15) is 14.0 Å². The molecular weight excluding hydrogens is 429 g/mol. The van der Waals surface area contributed by atoms with Crippen LogP contribution in [-0.4, -0.2) is 53.5 Å². The molecule has 1 aromatic carbocycles. The van der Waals surface area contributed by atoms with Gasteiger partial charge < -0.3 is 19.9 Å². The van der Waals surface area contributed by atoms with Gasteiger partial charge in [0.2, 0.25) is 5.91 Å². The number of ether oxygens (including phenoxy) is 1. The van der Waals surface area contributed by atoms with E-state index < -0.39 is 5.54 Å². The molecule has 1 aromatic heterocycles. The highest BCUT2D eigenvalue weighted by Gasteiger charge is 2.35. The number of nitrogens with zero attached hydrogens (tertiary/aromatic N) is 2. The number of halogens is 1. The summed E-state index contributed by atoms with van der Waals surface area (Å²) < 4.78 is 19.4. The number of amides is 3. The third kappa shape index (κ3) is 5.79. The summed E-state index contributed by atoms with van der Waals surface area (Å²) in [5.74, 6) is -0.0690. The van der Waals surface area contributed by atoms with Gasteiger partial charge in [0, 0.05) is 29.6 Å². The summed E-state index contributed by atoms with van der Waals surface area (Å²) in [5.41, 5.74) is 0.549. The summed E-state index contributed by atoms with van der Waals surface area (Å²) in [6.45, 7) is 9.06. The Balaban J connectivity index is 1.78. The van der Waals surface area contributed by atoms with Crippen LogP contribution in [0.2, 0.25) is 0 Å². The normalized spacial score (nSPS) is 15.8. The number of rotatable bonds is 7. The van der Waals surface area contributed by atoms with Crippen LogP contribution in [0.15, 0.2) is 35.7 Å². The van der Waals surface area contributed by atoms with Gasteiger partial charge in [-0.15, -0.1) is 11.3 Å². The van der Waals surface area contributed by atoms with Crippen molar-refractivity contribution >= 4 is 23.3 Å². The quantitative estimate of drug-likeness (QED) is 0.655. The smallest absolute Gasteiger partial charge is 0.318 e. The minimum absolute atomic E-state index is 0.0189. The Morgan fingerprint density at radius 1 is 1.31 bits per heavy atom. The molecule has 1 N–H and O–H groups in total. The Kier molecular flexibility index (Phi) is 7.77. The van der Waals surface area contributed by atoms with Gasteiger partial charge in [0.05, 0.1) is 6.04 Å². The third-order valence-electron chi connectivity index (χ3n) is 5.49. The molecule has 1 aliphatic heterocycles. The van der Waals surface area contributed by atoms with Gasteiger partial charge in [-0.3, -0.25) is 4.79 Å². The Hall–Kier alpha value is -2.61. The molecule has 0 spiro atoms. The van der Waals surface area contributed by atoms with Crippen molar-refractivity contribution in [2.24, 2.45) is 0 Å². The SMILES string of the molecule is CCCNC(=O)N(CC(=O)N1CCc2sccc2[C@@H]1COc1cccc(F)c1)C(C)(C)C. The molecule has 0 radical (unpaired) electrons. The number of benzene rings is 1. The summed E-state index contributed by atoms with van der Waals surface area (Å²) in [6.07, 6.45) is 1.59. The van der Waals surface area contributed by atoms with Crippen LogP contribution in [0.25, 0.3) is 0 Å². The molecular formula is C24H32FN3O3S. The standard InChI is InChI=1S/C24H32FN3O3S/c1-5-11-26-23(30)28(24(2,3)4)15-22(29)27-12-9-21-19(10-13-32-21)20(27)16-31-18-8-6-7-17(25)14-18/h6-8,10,13-14,20H,5,9,11-12,15-16H2,1-4H3,(H,26,30)/t20-/m0/s1. The van der Waals surface area contributed by atoms with E-state index >= 15 is 0 Å². The minimum atomic E-state index is -0.510. The Labute approximate surface area is 193 Å². The molecule has 32 heavy (non-hydrogen) atoms. The second kappa shape index (κ2) is 10.3. The summed E-state index contributed by atoms with van der Waals surface area (Å²) in [6, 6.07) is 7.49. The number of fused-ring (bicyclic) bond motifs is 1. The molecule has 0 aliphatic carbocycles. The third-order valence-corrected chi connectivity index (χ3v) is 6.49. The topological polar surface area (TPSA) is 61.9 Å². The van der Waals surface area contributed by atoms with Gasteiger partial charge in [-0.05, 0) is 62.8 Å². The molecule has 2 aromatic rings. The average molecular weight is 462 g/mol. The first-order chi connectivity index (χ1) is 15.2. The molecule has 6 nitrogen and oxygen atoms in total. The monoisotopic (exact) mass is 461 g/mol. The van der Waals surface area contributed by atoms with Crippen LogP contribution >= 0.6 is 11.3 Å². The summed E-state index contributed by atoms with van der Waals surface area (Å²) in [4.78, 5) is 30.8. The van der Waals surface area contributed by atoms with Crippen LogP contribution in [0, 0.1) is 5.82 Å². The van der Waals surface area contributed by atoms with E-state index in [-0.39, 0.29) is 36.9 Å². The number of nitrogens with one attached hydrogen (secondary N) is 1. The second-order valence-corrected chi connectivity index (χ2v) is 9.91. The van der Waals surface area contributed by atoms with Gasteiger partial charge in [-0.25, -0.2) is 9.18 Å². The van der Waals surface area contributed by atoms with Crippen LogP contribution in [0.3, 0.4) is 0 Å². The predicted octanol–water partition coefficient (Wildman–Crippen LogP) is 4.61. The van der Waals surface area contributed by atoms with Gasteiger partial charge in [-0.2, -0.15) is 0 Å². The molecule has 2 heterocycles. The van der Waals surface area contributed by atoms with E-state index in [1.54, 1.807) is 33.3 Å². The van der Waals surface area contributed by atoms with E-state index in [0.29, 0.717) is 18.8 Å². The Morgan fingerprint density at radius 2 is 2.09 bits per heavy atom. The molecule has 174 valence electrons. The number of carbonyl (C=O) groups is 2. The van der Waals surface area contributed by atoms with Gasteiger partial charge in [0.1, 0.15) is 24.7 Å². The Morgan fingerprint density at radius 3 is 2.78 bits per heavy atom. The van der Waals surface area contributed by atoms with Crippen molar-refractivity contribution in [3.05, 3.63) is 52.0 Å². The highest BCUT2D eigenvalue weighted by molar-refractivity contribution is 7.10. The Bertz CT molecular complexity index is 941. The number of hydrogen-bond donors (Lipinski definition) is 1. The van der Waals surface area contributed by atoms with E-state index in [4.69, 9.17) is 4.74 Å². The summed E-state index contributed by atoms with van der Waals surface area (Å²) in [5, 5.41) is 4.90. The maximum Gasteiger partial charge on any atom is 0.318 e. The van der Waals surface area contributed by atoms with Crippen molar-refractivity contribution in [1.82, 2.24) is 15.1 Å². The molecule has 8 heteroatoms. The lowest BCUT2D eigenvalue weighted by Crippen LogP contribution is -2.55. The molecule has 0 bridgehead atoms. The van der Waals surface area contributed by atoms with Crippen molar-refractivity contribution in [1.29, 1.82) is 0 Å². The van der Waals surface area contributed by atoms with E-state index in [0.717, 1.165) is 18.4 Å². The second-order valence-electron chi connectivity index (χ2n) is 8.91. The first-order valence-electron chi connectivity index (χ1n) is 11.0. The van der Waals surface area contributed by atoms with Crippen LogP contribution in [0.5, 0.6) is 5.75 Å². The minimum Gasteiger partial charge on any atom is -0.491 e. The maximum absolute atomic E-state index is 13.6. The zero-order chi connectivity index (χ0) is 23.3. The number of urea groups is 1. The number of carbonyl (C=O) groups excluding carboxylic acids is 2. The number of hydrogen-bond acceptors (Lipinski definition) is 4. The van der Waals surface area contributed by atoms with E-state index in [1.807, 2.05) is 39.1 Å². The molecule has 1 atom stereocenters. The first kappa shape index (κ1) is 24.0. The molecule has 0 unspecified atom stereocenters. The van der Waals surface area contributed by atoms with Crippen molar-refractivity contribution < 1.29 is 18.7 Å². The van der Waals surface area contributed by atoms with Gasteiger partial charge in [0.15, 0.2) is 0 Å². The van der Waals surface area contributed by atoms with Crippen molar-refractivity contribution in [3.8, 4) is 5.75 Å². The van der Waals surface area contributed by atoms with Gasteiger partial charge in [0.25, 0.3) is 0 Å². The van der Waals surface area contributed by atoms with Crippen molar-refractivity contribution in [2.75, 3.05) is 26.2 Å². The van der Waals surface area contributed by atoms with Crippen LogP contribution < -0.4 is 10.1 Å². The lowest BCUT2D eigenvalue weighted by atomic mass is 10.00. The fourth-order valence-corrected chi connectivity index (χ4v) is 4.70. The van der Waals surface area contributed by atoms with Crippen LogP contribution in [0.4, 0.5) is 9.18 Å². The zero-order valence-corrected chi connectivity index (χ0v) is 20.0. The highest BCUT2D eigenvalue weighted by atomic mass is 32.1. The van der Waals surface area contributed by atoms with Gasteiger partial charge >= 0.3 is 6.03 Å². The van der Waals surface area contributed by atoms with Crippen LogP contribution in [-0.2, 0) is 11.2 Å². The lowest BCUT2D eigenvalue weighted by molar-refractivity contribution is -0.136. The van der Waals surface area contributed by atoms with Crippen molar-refractivity contribution in [2.45, 2.75) is 52.1 Å². The molecule has 3 amide bonds. The molecule has 1 aliphatic rings. The van der Waals surface area contributed by atoms with Crippen molar-refractivity contribution in [3.63, 3.8) is 0 Å². The summed E-state index contributed by atoms with van der Waals surface area (Å²) in [7, 11) is 0. The lowest BCUT2D eigenvalue weighted by Gasteiger charge is -2.40. The fourth-order valence-electron chi connectivity index (χ4n) is 3.77. The molecule has 0 saturated carbocycles. The summed E-state index contributed by atoms with van der Waals surface area (Å²) >= 11 is 1.67. The molecule has 0 fully saturated rings. The molecule has 3 rings (SSSR count). The maximum atomic E-state index is 13.6. The van der Waals surface area contributed by atoms with E-state index in [2.05, 4.69) is 5.32 Å². The molecule has 0 saturated heterocycles. The largest absolute Gasteiger partial charge is 0.491 e. The predicted molar refractivity (Wildman–Crippen MR) is 125 cm³/mol. The first-order valence-corrected chi connectivity index (χ1v) is 11.9. The number of thiophene rings is 1. The van der Waals surface area contributed by atoms with Crippen LogP contribution in [0.1, 0.15) is 50.6 Å². The fraction of sp³-hybridized carbons (Fsp3) is 0.500.